The Labute approximate surface area is 214 Å². The van der Waals surface area contributed by atoms with Crippen molar-refractivity contribution in [3.8, 4) is 11.5 Å². The van der Waals surface area contributed by atoms with Gasteiger partial charge in [0.05, 0.1) is 18.6 Å². The summed E-state index contributed by atoms with van der Waals surface area (Å²) in [6.45, 7) is 5.41. The average molecular weight is 510 g/mol. The average Bonchev–Trinajstić information content (AvgIpc) is 2.85. The fraction of sp³-hybridized carbons (Fsp3) is 0.310. The standard InChI is InChI=1S/C29H29F2NO5/c1-29(2,3)37-26(33)18-36-24-12-4-19(5-13-24)27-25(16-17-35-23-14-8-21(31)9-15-23)28(34)32(27)22-10-6-20(30)7-11-22/h4-15,25,27H,16-18H2,1-3H3. The molecule has 1 amide bonds. The minimum atomic E-state index is -0.597. The number of halogens is 2. The van der Waals surface area contributed by atoms with Gasteiger partial charge in [0.15, 0.2) is 6.61 Å². The molecule has 4 rings (SSSR count). The molecule has 0 radical (unpaired) electrons. The second-order valence-electron chi connectivity index (χ2n) is 9.77. The van der Waals surface area contributed by atoms with Crippen molar-refractivity contribution < 1.29 is 32.6 Å². The SMILES string of the molecule is CC(C)(C)OC(=O)COc1ccc(C2C(CCOc3ccc(F)cc3)C(=O)N2c2ccc(F)cc2)cc1. The number of esters is 1. The molecule has 0 saturated carbocycles. The molecule has 3 aromatic carbocycles. The van der Waals surface area contributed by atoms with Crippen LogP contribution in [0.25, 0.3) is 0 Å². The summed E-state index contributed by atoms with van der Waals surface area (Å²) in [7, 11) is 0. The van der Waals surface area contributed by atoms with Crippen LogP contribution in [0, 0.1) is 17.6 Å². The smallest absolute Gasteiger partial charge is 0.344 e. The fourth-order valence-electron chi connectivity index (χ4n) is 4.21. The quantitative estimate of drug-likeness (QED) is 0.267. The van der Waals surface area contributed by atoms with Crippen LogP contribution in [0.2, 0.25) is 0 Å². The van der Waals surface area contributed by atoms with Gasteiger partial charge < -0.3 is 19.1 Å². The van der Waals surface area contributed by atoms with E-state index in [0.717, 1.165) is 5.56 Å². The molecular formula is C29H29F2NO5. The molecule has 0 N–H and O–H groups in total. The van der Waals surface area contributed by atoms with Crippen molar-refractivity contribution in [3.63, 3.8) is 0 Å². The summed E-state index contributed by atoms with van der Waals surface area (Å²) in [4.78, 5) is 26.7. The molecule has 37 heavy (non-hydrogen) atoms. The van der Waals surface area contributed by atoms with E-state index in [0.29, 0.717) is 23.6 Å². The number of ether oxygens (including phenoxy) is 3. The predicted octanol–water partition coefficient (Wildman–Crippen LogP) is 5.86. The van der Waals surface area contributed by atoms with Crippen molar-refractivity contribution in [1.82, 2.24) is 0 Å². The Morgan fingerprint density at radius 3 is 1.97 bits per heavy atom. The highest BCUT2D eigenvalue weighted by Crippen LogP contribution is 2.45. The minimum absolute atomic E-state index is 0.0930. The van der Waals surface area contributed by atoms with Crippen molar-refractivity contribution in [2.45, 2.75) is 38.8 Å². The highest BCUT2D eigenvalue weighted by Gasteiger charge is 2.48. The lowest BCUT2D eigenvalue weighted by Crippen LogP contribution is -2.55. The zero-order valence-electron chi connectivity index (χ0n) is 20.9. The van der Waals surface area contributed by atoms with Gasteiger partial charge in [-0.15, -0.1) is 0 Å². The van der Waals surface area contributed by atoms with Gasteiger partial charge in [-0.05, 0) is 93.4 Å². The molecule has 1 saturated heterocycles. The molecule has 2 unspecified atom stereocenters. The topological polar surface area (TPSA) is 65.1 Å². The lowest BCUT2D eigenvalue weighted by Gasteiger charge is -2.47. The highest BCUT2D eigenvalue weighted by molar-refractivity contribution is 6.03. The van der Waals surface area contributed by atoms with Crippen LogP contribution in [-0.4, -0.2) is 30.7 Å². The predicted molar refractivity (Wildman–Crippen MR) is 134 cm³/mol. The van der Waals surface area contributed by atoms with Gasteiger partial charge in [0.2, 0.25) is 5.91 Å². The molecule has 6 nitrogen and oxygen atoms in total. The molecule has 0 aliphatic carbocycles. The fourth-order valence-corrected chi connectivity index (χ4v) is 4.21. The zero-order valence-corrected chi connectivity index (χ0v) is 20.9. The molecule has 2 atom stereocenters. The van der Waals surface area contributed by atoms with Crippen molar-refractivity contribution in [2.75, 3.05) is 18.1 Å². The monoisotopic (exact) mass is 509 g/mol. The summed E-state index contributed by atoms with van der Waals surface area (Å²) in [5, 5.41) is 0. The van der Waals surface area contributed by atoms with Gasteiger partial charge >= 0.3 is 5.97 Å². The van der Waals surface area contributed by atoms with Crippen LogP contribution >= 0.6 is 0 Å². The number of β-lactam (4-membered cyclic amide) rings is 1. The highest BCUT2D eigenvalue weighted by atomic mass is 19.1. The van der Waals surface area contributed by atoms with Crippen molar-refractivity contribution in [1.29, 1.82) is 0 Å². The van der Waals surface area contributed by atoms with Crippen LogP contribution in [0.5, 0.6) is 11.5 Å². The first-order chi connectivity index (χ1) is 17.6. The summed E-state index contributed by atoms with van der Waals surface area (Å²) in [6, 6.07) is 18.3. The number of carbonyl (C=O) groups is 2. The molecule has 0 bridgehead atoms. The van der Waals surface area contributed by atoms with E-state index in [1.807, 2.05) is 12.1 Å². The first-order valence-corrected chi connectivity index (χ1v) is 12.0. The van der Waals surface area contributed by atoms with Gasteiger partial charge in [-0.2, -0.15) is 0 Å². The van der Waals surface area contributed by atoms with E-state index in [-0.39, 0.29) is 42.7 Å². The lowest BCUT2D eigenvalue weighted by atomic mass is 9.80. The third kappa shape index (κ3) is 6.64. The number of hydrogen-bond acceptors (Lipinski definition) is 5. The van der Waals surface area contributed by atoms with Crippen molar-refractivity contribution in [3.05, 3.63) is 90.0 Å². The summed E-state index contributed by atoms with van der Waals surface area (Å²) < 4.78 is 43.2. The van der Waals surface area contributed by atoms with E-state index in [1.54, 1.807) is 49.9 Å². The maximum atomic E-state index is 13.5. The number of benzene rings is 3. The molecule has 3 aromatic rings. The Kier molecular flexibility index (Phi) is 7.76. The molecule has 1 aliphatic heterocycles. The van der Waals surface area contributed by atoms with E-state index in [9.17, 15) is 18.4 Å². The Bertz CT molecular complexity index is 1220. The minimum Gasteiger partial charge on any atom is -0.494 e. The third-order valence-corrected chi connectivity index (χ3v) is 5.83. The second kappa shape index (κ2) is 11.0. The largest absolute Gasteiger partial charge is 0.494 e. The van der Waals surface area contributed by atoms with Crippen LogP contribution in [0.4, 0.5) is 14.5 Å². The van der Waals surface area contributed by atoms with Crippen molar-refractivity contribution >= 4 is 17.6 Å². The van der Waals surface area contributed by atoms with Gasteiger partial charge in [0.1, 0.15) is 28.7 Å². The van der Waals surface area contributed by atoms with Crippen LogP contribution in [-0.2, 0) is 14.3 Å². The first kappa shape index (κ1) is 26.1. The number of rotatable bonds is 9. The molecule has 0 aromatic heterocycles. The van der Waals surface area contributed by atoms with Crippen LogP contribution in [0.1, 0.15) is 38.8 Å². The molecule has 8 heteroatoms. The Morgan fingerprint density at radius 2 is 1.38 bits per heavy atom. The molecule has 1 aliphatic rings. The van der Waals surface area contributed by atoms with Gasteiger partial charge in [0.25, 0.3) is 0 Å². The summed E-state index contributed by atoms with van der Waals surface area (Å²) in [5.74, 6) is -0.649. The Hall–Kier alpha value is -3.94. The molecule has 0 spiro atoms. The van der Waals surface area contributed by atoms with Gasteiger partial charge in [-0.3, -0.25) is 4.79 Å². The molecule has 1 heterocycles. The first-order valence-electron chi connectivity index (χ1n) is 12.0. The van der Waals surface area contributed by atoms with Gasteiger partial charge in [-0.25, -0.2) is 13.6 Å². The zero-order chi connectivity index (χ0) is 26.6. The second-order valence-corrected chi connectivity index (χ2v) is 9.77. The Balaban J connectivity index is 1.46. The van der Waals surface area contributed by atoms with E-state index in [2.05, 4.69) is 0 Å². The summed E-state index contributed by atoms with van der Waals surface area (Å²) >= 11 is 0. The van der Waals surface area contributed by atoms with Crippen LogP contribution in [0.15, 0.2) is 72.8 Å². The van der Waals surface area contributed by atoms with E-state index in [1.165, 1.54) is 36.4 Å². The molecule has 194 valence electrons. The number of carbonyl (C=O) groups excluding carboxylic acids is 2. The number of amides is 1. The van der Waals surface area contributed by atoms with E-state index < -0.39 is 11.6 Å². The number of nitrogens with zero attached hydrogens (tertiary/aromatic N) is 1. The number of hydrogen-bond donors (Lipinski definition) is 0. The van der Waals surface area contributed by atoms with Crippen LogP contribution in [0.3, 0.4) is 0 Å². The summed E-state index contributed by atoms with van der Waals surface area (Å²) in [6.07, 6.45) is 0.440. The number of anilines is 1. The van der Waals surface area contributed by atoms with Gasteiger partial charge in [0, 0.05) is 5.69 Å². The molecule has 1 fully saturated rings. The Morgan fingerprint density at radius 1 is 0.838 bits per heavy atom. The normalized spacial score (nSPS) is 17.2. The lowest BCUT2D eigenvalue weighted by molar-refractivity contribution is -0.157. The van der Waals surface area contributed by atoms with Crippen LogP contribution < -0.4 is 14.4 Å². The maximum absolute atomic E-state index is 13.5. The molecular weight excluding hydrogens is 480 g/mol. The van der Waals surface area contributed by atoms with E-state index >= 15 is 0 Å². The summed E-state index contributed by atoms with van der Waals surface area (Å²) in [5.41, 5.74) is 0.859. The van der Waals surface area contributed by atoms with Crippen molar-refractivity contribution in [2.24, 2.45) is 5.92 Å². The van der Waals surface area contributed by atoms with E-state index in [4.69, 9.17) is 14.2 Å². The third-order valence-electron chi connectivity index (χ3n) is 5.83. The maximum Gasteiger partial charge on any atom is 0.344 e. The van der Waals surface area contributed by atoms with Gasteiger partial charge in [-0.1, -0.05) is 12.1 Å².